The lowest BCUT2D eigenvalue weighted by molar-refractivity contribution is 0.273. The van der Waals surface area contributed by atoms with Crippen molar-refractivity contribution in [3.8, 4) is 0 Å². The Labute approximate surface area is 100 Å². The van der Waals surface area contributed by atoms with Crippen molar-refractivity contribution in [1.82, 2.24) is 0 Å². The molecule has 0 radical (unpaired) electrons. The maximum atomic E-state index is 13.1. The van der Waals surface area contributed by atoms with Gasteiger partial charge in [-0.05, 0) is 37.5 Å². The van der Waals surface area contributed by atoms with E-state index in [2.05, 4.69) is 4.90 Å². The topological polar surface area (TPSA) is 43.7 Å². The molecule has 0 amide bonds. The summed E-state index contributed by atoms with van der Waals surface area (Å²) in [5, 5.41) is 18.4. The second-order valence-corrected chi connectivity index (χ2v) is 4.43. The van der Waals surface area contributed by atoms with Gasteiger partial charge in [-0.3, -0.25) is 0 Å². The number of rotatable bonds is 5. The number of benzene rings is 1. The molecule has 0 heterocycles. The Kier molecular flexibility index (Phi) is 3.97. The molecule has 1 aliphatic carbocycles. The molecule has 2 N–H and O–H groups in total. The fourth-order valence-electron chi connectivity index (χ4n) is 2.27. The van der Waals surface area contributed by atoms with Crippen molar-refractivity contribution >= 4 is 5.69 Å². The molecule has 1 saturated carbocycles. The molecular weight excluding hydrogens is 221 g/mol. The highest BCUT2D eigenvalue weighted by Crippen LogP contribution is 2.31. The molecule has 1 aromatic carbocycles. The van der Waals surface area contributed by atoms with Crippen LogP contribution in [0.25, 0.3) is 0 Å². The first kappa shape index (κ1) is 12.3. The molecule has 1 aliphatic rings. The van der Waals surface area contributed by atoms with Crippen LogP contribution in [0.3, 0.4) is 0 Å². The summed E-state index contributed by atoms with van der Waals surface area (Å²) in [6, 6.07) is 4.86. The largest absolute Gasteiger partial charge is 0.395 e. The van der Waals surface area contributed by atoms with Gasteiger partial charge in [-0.2, -0.15) is 0 Å². The lowest BCUT2D eigenvalue weighted by Gasteiger charge is -2.39. The molecule has 3 nitrogen and oxygen atoms in total. The normalized spacial score (nSPS) is 15.7. The Hall–Kier alpha value is -1.13. The molecular formula is C13H18FNO2. The molecule has 4 heteroatoms. The third kappa shape index (κ3) is 2.58. The van der Waals surface area contributed by atoms with Crippen LogP contribution in [0.2, 0.25) is 0 Å². The third-order valence-corrected chi connectivity index (χ3v) is 3.38. The molecule has 94 valence electrons. The van der Waals surface area contributed by atoms with Gasteiger partial charge in [-0.25, -0.2) is 4.39 Å². The quantitative estimate of drug-likeness (QED) is 0.821. The average Bonchev–Trinajstić information content (AvgIpc) is 2.26. The molecule has 1 fully saturated rings. The maximum absolute atomic E-state index is 13.1. The predicted octanol–water partition coefficient (Wildman–Crippen LogP) is 1.67. The minimum atomic E-state index is -0.338. The Balaban J connectivity index is 2.27. The van der Waals surface area contributed by atoms with E-state index >= 15 is 0 Å². The zero-order valence-corrected chi connectivity index (χ0v) is 9.77. The molecule has 0 atom stereocenters. The molecule has 2 rings (SSSR count). The van der Waals surface area contributed by atoms with Gasteiger partial charge < -0.3 is 15.1 Å². The van der Waals surface area contributed by atoms with Gasteiger partial charge in [0.05, 0.1) is 13.2 Å². The molecule has 0 aromatic heterocycles. The number of aliphatic hydroxyl groups is 2. The standard InChI is InChI=1S/C13H18FNO2/c14-11-4-5-13(10(8-11)9-17)15(6-7-16)12-2-1-3-12/h4-5,8,12,16-17H,1-3,6-7,9H2. The highest BCUT2D eigenvalue weighted by Gasteiger charge is 2.26. The molecule has 1 aromatic rings. The van der Waals surface area contributed by atoms with Gasteiger partial charge in [-0.1, -0.05) is 0 Å². The SMILES string of the molecule is OCCN(c1ccc(F)cc1CO)C1CCC1. The Bertz CT molecular complexity index is 380. The van der Waals surface area contributed by atoms with Crippen molar-refractivity contribution in [1.29, 1.82) is 0 Å². The zero-order chi connectivity index (χ0) is 12.3. The Morgan fingerprint density at radius 2 is 2.06 bits per heavy atom. The zero-order valence-electron chi connectivity index (χ0n) is 9.77. The minimum absolute atomic E-state index is 0.0682. The number of halogens is 1. The molecule has 17 heavy (non-hydrogen) atoms. The number of nitrogens with zero attached hydrogens (tertiary/aromatic N) is 1. The number of anilines is 1. The summed E-state index contributed by atoms with van der Waals surface area (Å²) in [6.45, 7) is 0.420. The van der Waals surface area contributed by atoms with Crippen LogP contribution in [0, 0.1) is 5.82 Å². The molecule has 0 bridgehead atoms. The van der Waals surface area contributed by atoms with Crippen LogP contribution in [-0.2, 0) is 6.61 Å². The second kappa shape index (κ2) is 5.47. The van der Waals surface area contributed by atoms with Crippen molar-refractivity contribution < 1.29 is 14.6 Å². The van der Waals surface area contributed by atoms with E-state index in [4.69, 9.17) is 5.11 Å². The second-order valence-electron chi connectivity index (χ2n) is 4.43. The maximum Gasteiger partial charge on any atom is 0.123 e. The first-order valence-corrected chi connectivity index (χ1v) is 6.03. The summed E-state index contributed by atoms with van der Waals surface area (Å²) in [6.07, 6.45) is 3.40. The summed E-state index contributed by atoms with van der Waals surface area (Å²) in [5.74, 6) is -0.338. The van der Waals surface area contributed by atoms with Crippen LogP contribution in [0.15, 0.2) is 18.2 Å². The number of hydrogen-bond acceptors (Lipinski definition) is 3. The van der Waals surface area contributed by atoms with E-state index in [1.165, 1.54) is 18.6 Å². The fraction of sp³-hybridized carbons (Fsp3) is 0.538. The van der Waals surface area contributed by atoms with Crippen molar-refractivity contribution in [2.75, 3.05) is 18.1 Å². The van der Waals surface area contributed by atoms with Crippen molar-refractivity contribution in [2.24, 2.45) is 0 Å². The monoisotopic (exact) mass is 239 g/mol. The lowest BCUT2D eigenvalue weighted by Crippen LogP contribution is -2.42. The van der Waals surface area contributed by atoms with Crippen molar-refractivity contribution in [3.63, 3.8) is 0 Å². The summed E-state index contributed by atoms with van der Waals surface area (Å²) >= 11 is 0. The summed E-state index contributed by atoms with van der Waals surface area (Å²) < 4.78 is 13.1. The van der Waals surface area contributed by atoms with Crippen LogP contribution in [0.5, 0.6) is 0 Å². The van der Waals surface area contributed by atoms with Crippen molar-refractivity contribution in [3.05, 3.63) is 29.6 Å². The smallest absolute Gasteiger partial charge is 0.123 e. The van der Waals surface area contributed by atoms with E-state index < -0.39 is 0 Å². The van der Waals surface area contributed by atoms with Gasteiger partial charge in [0.25, 0.3) is 0 Å². The highest BCUT2D eigenvalue weighted by molar-refractivity contribution is 5.54. The van der Waals surface area contributed by atoms with Crippen LogP contribution in [0.4, 0.5) is 10.1 Å². The third-order valence-electron chi connectivity index (χ3n) is 3.38. The van der Waals surface area contributed by atoms with E-state index in [0.29, 0.717) is 18.2 Å². The highest BCUT2D eigenvalue weighted by atomic mass is 19.1. The van der Waals surface area contributed by atoms with Crippen LogP contribution < -0.4 is 4.90 Å². The van der Waals surface area contributed by atoms with Gasteiger partial charge in [0.2, 0.25) is 0 Å². The Morgan fingerprint density at radius 3 is 2.59 bits per heavy atom. The fourth-order valence-corrected chi connectivity index (χ4v) is 2.27. The molecule has 0 saturated heterocycles. The number of aliphatic hydroxyl groups excluding tert-OH is 2. The van der Waals surface area contributed by atoms with E-state index in [0.717, 1.165) is 18.5 Å². The van der Waals surface area contributed by atoms with Gasteiger partial charge in [0.15, 0.2) is 0 Å². The van der Waals surface area contributed by atoms with Gasteiger partial charge >= 0.3 is 0 Å². The number of hydrogen-bond donors (Lipinski definition) is 2. The summed E-state index contributed by atoms with van der Waals surface area (Å²) in [5.41, 5.74) is 1.43. The first-order chi connectivity index (χ1) is 8.26. The first-order valence-electron chi connectivity index (χ1n) is 6.03. The van der Waals surface area contributed by atoms with E-state index in [-0.39, 0.29) is 19.0 Å². The predicted molar refractivity (Wildman–Crippen MR) is 64.4 cm³/mol. The molecule has 0 aliphatic heterocycles. The molecule has 0 unspecified atom stereocenters. The van der Waals surface area contributed by atoms with Crippen molar-refractivity contribution in [2.45, 2.75) is 31.9 Å². The Morgan fingerprint density at radius 1 is 1.29 bits per heavy atom. The summed E-state index contributed by atoms with van der Waals surface area (Å²) in [4.78, 5) is 2.08. The van der Waals surface area contributed by atoms with Crippen LogP contribution in [-0.4, -0.2) is 29.4 Å². The lowest BCUT2D eigenvalue weighted by atomic mass is 9.90. The van der Waals surface area contributed by atoms with Crippen LogP contribution >= 0.6 is 0 Å². The average molecular weight is 239 g/mol. The van der Waals surface area contributed by atoms with Gasteiger partial charge in [-0.15, -0.1) is 0 Å². The minimum Gasteiger partial charge on any atom is -0.395 e. The van der Waals surface area contributed by atoms with Gasteiger partial charge in [0.1, 0.15) is 5.82 Å². The van der Waals surface area contributed by atoms with E-state index in [9.17, 15) is 9.50 Å². The van der Waals surface area contributed by atoms with E-state index in [1.54, 1.807) is 6.07 Å². The summed E-state index contributed by atoms with van der Waals surface area (Å²) in [7, 11) is 0. The molecule has 0 spiro atoms. The van der Waals surface area contributed by atoms with Gasteiger partial charge in [0, 0.05) is 23.8 Å². The van der Waals surface area contributed by atoms with Crippen LogP contribution in [0.1, 0.15) is 24.8 Å². The van der Waals surface area contributed by atoms with E-state index in [1.807, 2.05) is 0 Å².